The fraction of sp³-hybridized carbons (Fsp3) is 0.105. The topological polar surface area (TPSA) is 41.1 Å². The van der Waals surface area contributed by atoms with Crippen LogP contribution in [0.4, 0.5) is 14.9 Å². The summed E-state index contributed by atoms with van der Waals surface area (Å²) in [5, 5.41) is 7.70. The zero-order valence-electron chi connectivity index (χ0n) is 13.1. The van der Waals surface area contributed by atoms with E-state index in [9.17, 15) is 9.18 Å². The number of nitrogens with one attached hydrogen (secondary N) is 2. The monoisotopic (exact) mass is 340 g/mol. The Morgan fingerprint density at radius 2 is 1.75 bits per heavy atom. The van der Waals surface area contributed by atoms with Gasteiger partial charge in [0.15, 0.2) is 0 Å². The molecular weight excluding hydrogens is 323 g/mol. The average Bonchev–Trinajstić information content (AvgIpc) is 3.10. The van der Waals surface area contributed by atoms with E-state index in [0.29, 0.717) is 5.69 Å². The number of amides is 2. The standard InChI is InChI=1S/C19H17FN2OS/c1-13-4-6-14(7-5-13)18(17-3-2-12-24-17)22-19(23)21-16-10-8-15(20)9-11-16/h2-12,18H,1H3,(H2,21,22,23). The minimum atomic E-state index is -0.336. The summed E-state index contributed by atoms with van der Waals surface area (Å²) < 4.78 is 12.9. The number of halogens is 1. The number of carbonyl (C=O) groups excluding carboxylic acids is 1. The van der Waals surface area contributed by atoms with E-state index in [2.05, 4.69) is 10.6 Å². The van der Waals surface area contributed by atoms with Crippen LogP contribution in [-0.4, -0.2) is 6.03 Å². The molecule has 3 nitrogen and oxygen atoms in total. The largest absolute Gasteiger partial charge is 0.326 e. The predicted octanol–water partition coefficient (Wildman–Crippen LogP) is 5.11. The molecular formula is C19H17FN2OS. The normalized spacial score (nSPS) is 11.8. The zero-order valence-corrected chi connectivity index (χ0v) is 13.9. The van der Waals surface area contributed by atoms with Crippen molar-refractivity contribution in [2.45, 2.75) is 13.0 Å². The minimum absolute atomic E-state index is 0.231. The smallest absolute Gasteiger partial charge is 0.320 e. The Kier molecular flexibility index (Phi) is 4.91. The molecule has 0 radical (unpaired) electrons. The molecule has 5 heteroatoms. The van der Waals surface area contributed by atoms with Gasteiger partial charge in [-0.3, -0.25) is 0 Å². The number of hydrogen-bond acceptors (Lipinski definition) is 2. The number of anilines is 1. The molecule has 0 aliphatic heterocycles. The van der Waals surface area contributed by atoms with Crippen LogP contribution in [0.25, 0.3) is 0 Å². The molecule has 2 amide bonds. The van der Waals surface area contributed by atoms with Crippen LogP contribution in [0, 0.1) is 12.7 Å². The van der Waals surface area contributed by atoms with Gasteiger partial charge in [0.2, 0.25) is 0 Å². The van der Waals surface area contributed by atoms with Crippen LogP contribution in [0.5, 0.6) is 0 Å². The van der Waals surface area contributed by atoms with Gasteiger partial charge in [0.05, 0.1) is 6.04 Å². The first-order chi connectivity index (χ1) is 11.6. The number of thiophene rings is 1. The second-order valence-electron chi connectivity index (χ2n) is 5.46. The molecule has 24 heavy (non-hydrogen) atoms. The number of rotatable bonds is 4. The Hall–Kier alpha value is -2.66. The molecule has 1 aromatic heterocycles. The van der Waals surface area contributed by atoms with E-state index in [-0.39, 0.29) is 17.9 Å². The van der Waals surface area contributed by atoms with Gasteiger partial charge in [-0.2, -0.15) is 0 Å². The van der Waals surface area contributed by atoms with E-state index >= 15 is 0 Å². The SMILES string of the molecule is Cc1ccc(C(NC(=O)Nc2ccc(F)cc2)c2cccs2)cc1. The fourth-order valence-electron chi connectivity index (χ4n) is 2.36. The third-order valence-electron chi connectivity index (χ3n) is 3.62. The maximum Gasteiger partial charge on any atom is 0.320 e. The van der Waals surface area contributed by atoms with Crippen molar-refractivity contribution >= 4 is 23.1 Å². The van der Waals surface area contributed by atoms with Gasteiger partial charge in [0.25, 0.3) is 0 Å². The van der Waals surface area contributed by atoms with Crippen LogP contribution in [0.1, 0.15) is 22.0 Å². The number of benzene rings is 2. The third kappa shape index (κ3) is 4.00. The van der Waals surface area contributed by atoms with Crippen LogP contribution in [0.2, 0.25) is 0 Å². The highest BCUT2D eigenvalue weighted by Gasteiger charge is 2.17. The lowest BCUT2D eigenvalue weighted by Gasteiger charge is -2.19. The van der Waals surface area contributed by atoms with E-state index in [1.54, 1.807) is 11.3 Å². The molecule has 3 rings (SSSR count). The van der Waals surface area contributed by atoms with Gasteiger partial charge in [-0.15, -0.1) is 11.3 Å². The van der Waals surface area contributed by atoms with Gasteiger partial charge in [0, 0.05) is 10.6 Å². The van der Waals surface area contributed by atoms with Crippen molar-refractivity contribution in [3.63, 3.8) is 0 Å². The summed E-state index contributed by atoms with van der Waals surface area (Å²) in [6.07, 6.45) is 0. The van der Waals surface area contributed by atoms with E-state index in [1.165, 1.54) is 29.8 Å². The molecule has 122 valence electrons. The molecule has 0 saturated heterocycles. The molecule has 0 spiro atoms. The van der Waals surface area contributed by atoms with Crippen molar-refractivity contribution in [2.75, 3.05) is 5.32 Å². The van der Waals surface area contributed by atoms with Gasteiger partial charge in [-0.25, -0.2) is 9.18 Å². The second-order valence-corrected chi connectivity index (χ2v) is 6.44. The Morgan fingerprint density at radius 1 is 1.04 bits per heavy atom. The van der Waals surface area contributed by atoms with E-state index < -0.39 is 0 Å². The minimum Gasteiger partial charge on any atom is -0.326 e. The molecule has 1 atom stereocenters. The summed E-state index contributed by atoms with van der Waals surface area (Å²) in [4.78, 5) is 13.4. The van der Waals surface area contributed by atoms with Crippen LogP contribution < -0.4 is 10.6 Å². The lowest BCUT2D eigenvalue weighted by molar-refractivity contribution is 0.250. The van der Waals surface area contributed by atoms with Crippen LogP contribution in [0.3, 0.4) is 0 Å². The fourth-order valence-corrected chi connectivity index (χ4v) is 3.17. The summed E-state index contributed by atoms with van der Waals surface area (Å²) in [7, 11) is 0. The van der Waals surface area contributed by atoms with E-state index in [4.69, 9.17) is 0 Å². The lowest BCUT2D eigenvalue weighted by Crippen LogP contribution is -2.32. The van der Waals surface area contributed by atoms with Crippen LogP contribution >= 0.6 is 11.3 Å². The number of urea groups is 1. The van der Waals surface area contributed by atoms with Gasteiger partial charge in [-0.05, 0) is 48.2 Å². The molecule has 3 aromatic rings. The molecule has 0 saturated carbocycles. The predicted molar refractivity (Wildman–Crippen MR) is 95.9 cm³/mol. The average molecular weight is 340 g/mol. The number of aryl methyl sites for hydroxylation is 1. The van der Waals surface area contributed by atoms with Crippen molar-refractivity contribution in [3.8, 4) is 0 Å². The Labute approximate surface area is 144 Å². The van der Waals surface area contributed by atoms with Crippen molar-refractivity contribution in [3.05, 3.63) is 87.9 Å². The first-order valence-corrected chi connectivity index (χ1v) is 8.43. The molecule has 2 aromatic carbocycles. The Morgan fingerprint density at radius 3 is 2.38 bits per heavy atom. The van der Waals surface area contributed by atoms with Gasteiger partial charge in [0.1, 0.15) is 5.82 Å². The van der Waals surface area contributed by atoms with E-state index in [1.807, 2.05) is 48.7 Å². The van der Waals surface area contributed by atoms with Gasteiger partial charge >= 0.3 is 6.03 Å². The maximum atomic E-state index is 12.9. The van der Waals surface area contributed by atoms with Gasteiger partial charge < -0.3 is 10.6 Å². The van der Waals surface area contributed by atoms with Crippen molar-refractivity contribution < 1.29 is 9.18 Å². The lowest BCUT2D eigenvalue weighted by atomic mass is 10.0. The maximum absolute atomic E-state index is 12.9. The van der Waals surface area contributed by atoms with Gasteiger partial charge in [-0.1, -0.05) is 35.9 Å². The summed E-state index contributed by atoms with van der Waals surface area (Å²) in [6, 6.07) is 17.1. The van der Waals surface area contributed by atoms with E-state index in [0.717, 1.165) is 10.4 Å². The summed E-state index contributed by atoms with van der Waals surface area (Å²) in [5.74, 6) is -0.336. The van der Waals surface area contributed by atoms with Crippen molar-refractivity contribution in [1.29, 1.82) is 0 Å². The summed E-state index contributed by atoms with van der Waals surface area (Å²) in [5.41, 5.74) is 2.72. The van der Waals surface area contributed by atoms with Crippen molar-refractivity contribution in [1.82, 2.24) is 5.32 Å². The molecule has 0 fully saturated rings. The Balaban J connectivity index is 1.77. The highest BCUT2D eigenvalue weighted by Crippen LogP contribution is 2.26. The quantitative estimate of drug-likeness (QED) is 0.681. The van der Waals surface area contributed by atoms with Crippen molar-refractivity contribution in [2.24, 2.45) is 0 Å². The number of hydrogen-bond donors (Lipinski definition) is 2. The second kappa shape index (κ2) is 7.27. The van der Waals surface area contributed by atoms with Crippen LogP contribution in [-0.2, 0) is 0 Å². The highest BCUT2D eigenvalue weighted by atomic mass is 32.1. The molecule has 1 unspecified atom stereocenters. The molecule has 2 N–H and O–H groups in total. The Bertz CT molecular complexity index is 798. The molecule has 0 aliphatic rings. The first kappa shape index (κ1) is 16.2. The first-order valence-electron chi connectivity index (χ1n) is 7.55. The zero-order chi connectivity index (χ0) is 16.9. The third-order valence-corrected chi connectivity index (χ3v) is 4.55. The summed E-state index contributed by atoms with van der Waals surface area (Å²) in [6.45, 7) is 2.03. The molecule has 1 heterocycles. The molecule has 0 bridgehead atoms. The molecule has 0 aliphatic carbocycles. The number of carbonyl (C=O) groups is 1. The van der Waals surface area contributed by atoms with Crippen LogP contribution in [0.15, 0.2) is 66.0 Å². The summed E-state index contributed by atoms with van der Waals surface area (Å²) >= 11 is 1.59. The highest BCUT2D eigenvalue weighted by molar-refractivity contribution is 7.10.